The van der Waals surface area contributed by atoms with Crippen molar-refractivity contribution in [2.45, 2.75) is 36.8 Å². The molecular formula is C13H21N3S2. The maximum absolute atomic E-state index is 6.48. The second-order valence-electron chi connectivity index (χ2n) is 4.61. The number of rotatable bonds is 3. The monoisotopic (exact) mass is 283 g/mol. The average Bonchev–Trinajstić information content (AvgIpc) is 2.38. The number of hydrogen-bond donors (Lipinski definition) is 2. The van der Waals surface area contributed by atoms with Crippen LogP contribution in [0.3, 0.4) is 0 Å². The zero-order valence-corrected chi connectivity index (χ0v) is 12.6. The molecule has 0 aromatic carbocycles. The summed E-state index contributed by atoms with van der Waals surface area (Å²) in [5.74, 6) is 3.00. The molecule has 4 N–H and O–H groups in total. The summed E-state index contributed by atoms with van der Waals surface area (Å²) in [4.78, 5) is 4.19. The molecule has 0 aliphatic carbocycles. The van der Waals surface area contributed by atoms with Gasteiger partial charge in [-0.2, -0.15) is 23.5 Å². The van der Waals surface area contributed by atoms with Crippen LogP contribution in [0.15, 0.2) is 12.3 Å². The van der Waals surface area contributed by atoms with Crippen molar-refractivity contribution in [1.82, 2.24) is 4.98 Å². The summed E-state index contributed by atoms with van der Waals surface area (Å²) in [6.45, 7) is 4.30. The predicted octanol–water partition coefficient (Wildman–Crippen LogP) is 2.60. The molecule has 1 aromatic heterocycles. The van der Waals surface area contributed by atoms with E-state index >= 15 is 0 Å². The van der Waals surface area contributed by atoms with Gasteiger partial charge >= 0.3 is 0 Å². The molecule has 0 saturated carbocycles. The van der Waals surface area contributed by atoms with E-state index in [2.05, 4.69) is 18.8 Å². The number of hydrogen-bond acceptors (Lipinski definition) is 5. The van der Waals surface area contributed by atoms with Crippen molar-refractivity contribution in [2.75, 3.05) is 17.2 Å². The van der Waals surface area contributed by atoms with Gasteiger partial charge in [0.25, 0.3) is 0 Å². The van der Waals surface area contributed by atoms with Crippen LogP contribution < -0.4 is 11.5 Å². The largest absolute Gasteiger partial charge is 0.383 e. The first-order valence-corrected chi connectivity index (χ1v) is 8.44. The van der Waals surface area contributed by atoms with E-state index in [0.29, 0.717) is 16.3 Å². The first-order chi connectivity index (χ1) is 8.65. The zero-order chi connectivity index (χ0) is 13.1. The molecule has 2 heterocycles. The quantitative estimate of drug-likeness (QED) is 0.892. The second kappa shape index (κ2) is 6.17. The van der Waals surface area contributed by atoms with Gasteiger partial charge in [0.2, 0.25) is 0 Å². The molecule has 2 rings (SSSR count). The number of nitrogens with zero attached hydrogens (tertiary/aromatic N) is 1. The topological polar surface area (TPSA) is 64.9 Å². The highest BCUT2D eigenvalue weighted by atomic mass is 32.2. The average molecular weight is 283 g/mol. The van der Waals surface area contributed by atoms with Gasteiger partial charge in [-0.15, -0.1) is 0 Å². The minimum Gasteiger partial charge on any atom is -0.383 e. The highest BCUT2D eigenvalue weighted by molar-refractivity contribution is 8.07. The normalized spacial score (nSPS) is 25.9. The van der Waals surface area contributed by atoms with E-state index in [9.17, 15) is 0 Å². The number of anilines is 1. The minimum atomic E-state index is -0.0125. The summed E-state index contributed by atoms with van der Waals surface area (Å²) >= 11 is 4.03. The summed E-state index contributed by atoms with van der Waals surface area (Å²) in [5, 5.41) is 1.07. The highest BCUT2D eigenvalue weighted by Gasteiger charge is 2.32. The lowest BCUT2D eigenvalue weighted by atomic mass is 9.98. The summed E-state index contributed by atoms with van der Waals surface area (Å²) in [6, 6.07) is 1.98. The van der Waals surface area contributed by atoms with Gasteiger partial charge in [-0.1, -0.05) is 6.92 Å². The first kappa shape index (κ1) is 14.0. The van der Waals surface area contributed by atoms with Crippen LogP contribution in [0.1, 0.15) is 30.5 Å². The van der Waals surface area contributed by atoms with Crippen molar-refractivity contribution in [3.8, 4) is 0 Å². The molecular weight excluding hydrogens is 262 g/mol. The third-order valence-corrected chi connectivity index (χ3v) is 6.79. The van der Waals surface area contributed by atoms with Crippen molar-refractivity contribution in [3.63, 3.8) is 0 Å². The van der Waals surface area contributed by atoms with E-state index in [1.165, 1.54) is 11.5 Å². The van der Waals surface area contributed by atoms with Crippen LogP contribution in [0.2, 0.25) is 0 Å². The Morgan fingerprint density at radius 2 is 2.17 bits per heavy atom. The fourth-order valence-corrected chi connectivity index (χ4v) is 5.62. The third-order valence-electron chi connectivity index (χ3n) is 3.42. The molecule has 1 aliphatic heterocycles. The van der Waals surface area contributed by atoms with Crippen molar-refractivity contribution < 1.29 is 0 Å². The van der Waals surface area contributed by atoms with Crippen molar-refractivity contribution >= 4 is 29.3 Å². The molecule has 0 bridgehead atoms. The second-order valence-corrected chi connectivity index (χ2v) is 7.24. The van der Waals surface area contributed by atoms with Crippen LogP contribution in [-0.4, -0.2) is 27.0 Å². The summed E-state index contributed by atoms with van der Waals surface area (Å²) in [7, 11) is 0. The van der Waals surface area contributed by atoms with Gasteiger partial charge in [0.1, 0.15) is 5.82 Å². The molecule has 1 aromatic rings. The van der Waals surface area contributed by atoms with Crippen LogP contribution in [0, 0.1) is 6.92 Å². The molecule has 1 aliphatic rings. The zero-order valence-electron chi connectivity index (χ0n) is 10.9. The van der Waals surface area contributed by atoms with Crippen molar-refractivity contribution in [3.05, 3.63) is 23.4 Å². The van der Waals surface area contributed by atoms with E-state index in [0.717, 1.165) is 17.5 Å². The van der Waals surface area contributed by atoms with Crippen LogP contribution in [0.5, 0.6) is 0 Å². The Bertz CT molecular complexity index is 391. The molecule has 3 nitrogen and oxygen atoms in total. The van der Waals surface area contributed by atoms with Crippen molar-refractivity contribution in [1.29, 1.82) is 0 Å². The minimum absolute atomic E-state index is 0.0125. The van der Waals surface area contributed by atoms with Crippen LogP contribution in [-0.2, 0) is 0 Å². The van der Waals surface area contributed by atoms with E-state index in [1.807, 2.05) is 29.6 Å². The lowest BCUT2D eigenvalue weighted by Crippen LogP contribution is -2.36. The molecule has 0 radical (unpaired) electrons. The van der Waals surface area contributed by atoms with E-state index in [-0.39, 0.29) is 6.04 Å². The van der Waals surface area contributed by atoms with Gasteiger partial charge < -0.3 is 11.5 Å². The first-order valence-electron chi connectivity index (χ1n) is 6.35. The number of aromatic nitrogens is 1. The van der Waals surface area contributed by atoms with E-state index in [4.69, 9.17) is 11.5 Å². The van der Waals surface area contributed by atoms with Crippen LogP contribution >= 0.6 is 23.5 Å². The molecule has 1 saturated heterocycles. The van der Waals surface area contributed by atoms with Crippen LogP contribution in [0.4, 0.5) is 5.82 Å². The summed E-state index contributed by atoms with van der Waals surface area (Å²) in [5.41, 5.74) is 14.7. The Morgan fingerprint density at radius 3 is 2.83 bits per heavy atom. The number of pyridine rings is 1. The lowest BCUT2D eigenvalue weighted by molar-refractivity contribution is 0.627. The van der Waals surface area contributed by atoms with Gasteiger partial charge in [-0.25, -0.2) is 4.98 Å². The predicted molar refractivity (Wildman–Crippen MR) is 83.1 cm³/mol. The number of thioether (sulfide) groups is 2. The Labute approximate surface area is 117 Å². The fourth-order valence-electron chi connectivity index (χ4n) is 2.46. The molecule has 100 valence electrons. The van der Waals surface area contributed by atoms with Crippen LogP contribution in [0.25, 0.3) is 0 Å². The summed E-state index contributed by atoms with van der Waals surface area (Å²) < 4.78 is 0. The Hall–Kier alpha value is -0.390. The molecule has 1 fully saturated rings. The Kier molecular flexibility index (Phi) is 4.81. The highest BCUT2D eigenvalue weighted by Crippen LogP contribution is 2.40. The van der Waals surface area contributed by atoms with E-state index in [1.54, 1.807) is 6.20 Å². The molecule has 5 heteroatoms. The maximum Gasteiger partial charge on any atom is 0.128 e. The van der Waals surface area contributed by atoms with Gasteiger partial charge in [0, 0.05) is 39.8 Å². The molecule has 0 amide bonds. The molecule has 3 unspecified atom stereocenters. The SMILES string of the molecule is CCC1SCCSC1C(N)c1c(C)ccnc1N. The Balaban J connectivity index is 2.26. The standard InChI is InChI=1S/C13H21N3S2/c1-3-9-12(18-7-6-17-9)11(14)10-8(2)4-5-16-13(10)15/h4-5,9,11-12H,3,6-7,14H2,1-2H3,(H2,15,16). The van der Waals surface area contributed by atoms with Gasteiger partial charge in [0.05, 0.1) is 0 Å². The molecule has 18 heavy (non-hydrogen) atoms. The Morgan fingerprint density at radius 1 is 1.44 bits per heavy atom. The molecule has 0 spiro atoms. The number of nitrogens with two attached hydrogens (primary N) is 2. The van der Waals surface area contributed by atoms with Gasteiger partial charge in [-0.3, -0.25) is 0 Å². The lowest BCUT2D eigenvalue weighted by Gasteiger charge is -2.35. The number of aryl methyl sites for hydroxylation is 1. The number of nitrogen functional groups attached to an aromatic ring is 1. The molecule has 3 atom stereocenters. The fraction of sp³-hybridized carbons (Fsp3) is 0.615. The third kappa shape index (κ3) is 2.78. The van der Waals surface area contributed by atoms with Gasteiger partial charge in [-0.05, 0) is 25.0 Å². The maximum atomic E-state index is 6.48. The summed E-state index contributed by atoms with van der Waals surface area (Å²) in [6.07, 6.45) is 2.91. The van der Waals surface area contributed by atoms with Gasteiger partial charge in [0.15, 0.2) is 0 Å². The smallest absolute Gasteiger partial charge is 0.128 e. The van der Waals surface area contributed by atoms with Crippen molar-refractivity contribution in [2.24, 2.45) is 5.73 Å². The van der Waals surface area contributed by atoms with E-state index < -0.39 is 0 Å².